The Labute approximate surface area is 154 Å². The van der Waals surface area contributed by atoms with Crippen molar-refractivity contribution in [1.29, 1.82) is 0 Å². The molecule has 2 aromatic rings. The fourth-order valence-electron chi connectivity index (χ4n) is 3.70. The van der Waals surface area contributed by atoms with Crippen molar-refractivity contribution in [3.05, 3.63) is 52.8 Å². The number of amides is 1. The van der Waals surface area contributed by atoms with Crippen molar-refractivity contribution in [2.45, 2.75) is 51.5 Å². The highest BCUT2D eigenvalue weighted by atomic mass is 16.1. The number of rotatable bonds is 5. The summed E-state index contributed by atoms with van der Waals surface area (Å²) in [4.78, 5) is 23.6. The zero-order chi connectivity index (χ0) is 18.1. The first-order chi connectivity index (χ1) is 12.6. The molecule has 4 rings (SSSR count). The second-order valence-corrected chi connectivity index (χ2v) is 7.64. The van der Waals surface area contributed by atoms with Crippen molar-refractivity contribution >= 4 is 11.9 Å². The Morgan fingerprint density at radius 2 is 1.81 bits per heavy atom. The molecule has 2 aliphatic rings. The van der Waals surface area contributed by atoms with Crippen LogP contribution in [0.2, 0.25) is 0 Å². The molecule has 1 saturated carbocycles. The maximum absolute atomic E-state index is 12.4. The summed E-state index contributed by atoms with van der Waals surface area (Å²) in [6.07, 6.45) is 3.99. The van der Waals surface area contributed by atoms with E-state index in [1.807, 2.05) is 19.9 Å². The molecule has 26 heavy (non-hydrogen) atoms. The van der Waals surface area contributed by atoms with Crippen LogP contribution in [0.15, 0.2) is 30.3 Å². The Kier molecular flexibility index (Phi) is 4.62. The van der Waals surface area contributed by atoms with Gasteiger partial charge in [0.1, 0.15) is 0 Å². The van der Waals surface area contributed by atoms with E-state index in [9.17, 15) is 4.79 Å². The Morgan fingerprint density at radius 1 is 1.12 bits per heavy atom. The maximum Gasteiger partial charge on any atom is 0.225 e. The molecule has 0 radical (unpaired) electrons. The van der Waals surface area contributed by atoms with Gasteiger partial charge in [-0.3, -0.25) is 4.79 Å². The molecule has 0 unspecified atom stereocenters. The molecule has 2 fully saturated rings. The van der Waals surface area contributed by atoms with Crippen molar-refractivity contribution < 1.29 is 4.79 Å². The second kappa shape index (κ2) is 7.06. The van der Waals surface area contributed by atoms with E-state index in [4.69, 9.17) is 0 Å². The Morgan fingerprint density at radius 3 is 2.46 bits per heavy atom. The number of carbonyl (C=O) groups is 1. The van der Waals surface area contributed by atoms with E-state index in [0.29, 0.717) is 6.42 Å². The summed E-state index contributed by atoms with van der Waals surface area (Å²) < 4.78 is 0. The minimum atomic E-state index is 0.0948. The average molecular weight is 350 g/mol. The highest BCUT2D eigenvalue weighted by Crippen LogP contribution is 2.39. The summed E-state index contributed by atoms with van der Waals surface area (Å²) in [5.41, 5.74) is 4.46. The molecule has 5 heteroatoms. The van der Waals surface area contributed by atoms with Crippen LogP contribution in [-0.4, -0.2) is 35.0 Å². The van der Waals surface area contributed by atoms with E-state index in [-0.39, 0.29) is 11.9 Å². The van der Waals surface area contributed by atoms with Crippen molar-refractivity contribution in [2.75, 3.05) is 18.0 Å². The number of aryl methyl sites for hydroxylation is 2. The third-order valence-electron chi connectivity index (χ3n) is 5.20. The summed E-state index contributed by atoms with van der Waals surface area (Å²) in [5, 5.41) is 3.17. The number of carbonyl (C=O) groups excluding carboxylic acids is 1. The smallest absolute Gasteiger partial charge is 0.225 e. The summed E-state index contributed by atoms with van der Waals surface area (Å²) in [6.45, 7) is 5.63. The van der Waals surface area contributed by atoms with Crippen LogP contribution in [0.5, 0.6) is 0 Å². The first kappa shape index (κ1) is 17.0. The summed E-state index contributed by atoms with van der Waals surface area (Å²) >= 11 is 0. The third kappa shape index (κ3) is 4.03. The fraction of sp³-hybridized carbons (Fsp3) is 0.476. The molecule has 1 amide bonds. The SMILES string of the molecule is Cc1cc(C)nc(N2CC[C@@H](NC(=O)Cc3ccc(C4CC4)cc3)C2)n1. The van der Waals surface area contributed by atoms with Crippen molar-refractivity contribution in [2.24, 2.45) is 0 Å². The molecule has 1 aromatic carbocycles. The highest BCUT2D eigenvalue weighted by molar-refractivity contribution is 5.79. The van der Waals surface area contributed by atoms with Crippen LogP contribution >= 0.6 is 0 Å². The first-order valence-corrected chi connectivity index (χ1v) is 9.52. The standard InChI is InChI=1S/C21H26N4O/c1-14-11-15(2)23-21(22-14)25-10-9-19(13-25)24-20(26)12-16-3-5-17(6-4-16)18-7-8-18/h3-6,11,18-19H,7-10,12-13H2,1-2H3,(H,24,26)/t19-/m1/s1. The summed E-state index contributed by atoms with van der Waals surface area (Å²) in [7, 11) is 0. The monoisotopic (exact) mass is 350 g/mol. The molecule has 1 aliphatic heterocycles. The quantitative estimate of drug-likeness (QED) is 0.901. The van der Waals surface area contributed by atoms with Gasteiger partial charge in [-0.15, -0.1) is 0 Å². The van der Waals surface area contributed by atoms with Gasteiger partial charge >= 0.3 is 0 Å². The highest BCUT2D eigenvalue weighted by Gasteiger charge is 2.26. The molecule has 1 saturated heterocycles. The predicted molar refractivity (Wildman–Crippen MR) is 102 cm³/mol. The van der Waals surface area contributed by atoms with Gasteiger partial charge < -0.3 is 10.2 Å². The first-order valence-electron chi connectivity index (χ1n) is 9.52. The third-order valence-corrected chi connectivity index (χ3v) is 5.20. The van der Waals surface area contributed by atoms with Crippen LogP contribution in [0.3, 0.4) is 0 Å². The lowest BCUT2D eigenvalue weighted by molar-refractivity contribution is -0.121. The molecule has 136 valence electrons. The summed E-state index contributed by atoms with van der Waals surface area (Å²) in [5.74, 6) is 1.63. The van der Waals surface area contributed by atoms with Gasteiger partial charge in [-0.05, 0) is 56.2 Å². The lowest BCUT2D eigenvalue weighted by atomic mass is 10.1. The van der Waals surface area contributed by atoms with E-state index in [1.165, 1.54) is 18.4 Å². The number of aromatic nitrogens is 2. The van der Waals surface area contributed by atoms with Crippen LogP contribution in [0.25, 0.3) is 0 Å². The van der Waals surface area contributed by atoms with Gasteiger partial charge in [0.25, 0.3) is 0 Å². The van der Waals surface area contributed by atoms with Gasteiger partial charge in [0.15, 0.2) is 0 Å². The molecule has 1 atom stereocenters. The second-order valence-electron chi connectivity index (χ2n) is 7.64. The zero-order valence-electron chi connectivity index (χ0n) is 15.5. The normalized spacial score (nSPS) is 19.6. The van der Waals surface area contributed by atoms with Crippen LogP contribution in [0.4, 0.5) is 5.95 Å². The van der Waals surface area contributed by atoms with Crippen LogP contribution in [-0.2, 0) is 11.2 Å². The van der Waals surface area contributed by atoms with Crippen molar-refractivity contribution in [3.63, 3.8) is 0 Å². The van der Waals surface area contributed by atoms with Gasteiger partial charge in [0.2, 0.25) is 11.9 Å². The average Bonchev–Trinajstić information content (AvgIpc) is 3.34. The van der Waals surface area contributed by atoms with Gasteiger partial charge in [-0.2, -0.15) is 0 Å². The molecule has 1 aromatic heterocycles. The van der Waals surface area contributed by atoms with Crippen LogP contribution in [0, 0.1) is 13.8 Å². The maximum atomic E-state index is 12.4. The largest absolute Gasteiger partial charge is 0.351 e. The van der Waals surface area contributed by atoms with Crippen molar-refractivity contribution in [3.8, 4) is 0 Å². The molecule has 0 spiro atoms. The topological polar surface area (TPSA) is 58.1 Å². The fourth-order valence-corrected chi connectivity index (χ4v) is 3.70. The molecule has 5 nitrogen and oxygen atoms in total. The molecule has 1 aliphatic carbocycles. The molecular formula is C21H26N4O. The van der Waals surface area contributed by atoms with E-state index in [0.717, 1.165) is 48.3 Å². The summed E-state index contributed by atoms with van der Waals surface area (Å²) in [6, 6.07) is 10.7. The zero-order valence-corrected chi connectivity index (χ0v) is 15.5. The molecule has 2 heterocycles. The lowest BCUT2D eigenvalue weighted by Crippen LogP contribution is -2.38. The minimum absolute atomic E-state index is 0.0948. The Balaban J connectivity index is 1.30. The van der Waals surface area contributed by atoms with Crippen LogP contribution in [0.1, 0.15) is 47.7 Å². The van der Waals surface area contributed by atoms with E-state index >= 15 is 0 Å². The Bertz CT molecular complexity index is 778. The molecule has 0 bridgehead atoms. The van der Waals surface area contributed by atoms with Gasteiger partial charge in [-0.25, -0.2) is 9.97 Å². The minimum Gasteiger partial charge on any atom is -0.351 e. The Hall–Kier alpha value is -2.43. The number of hydrogen-bond acceptors (Lipinski definition) is 4. The van der Waals surface area contributed by atoms with Gasteiger partial charge in [0, 0.05) is 30.5 Å². The van der Waals surface area contributed by atoms with Gasteiger partial charge in [-0.1, -0.05) is 24.3 Å². The number of benzene rings is 1. The number of hydrogen-bond donors (Lipinski definition) is 1. The lowest BCUT2D eigenvalue weighted by Gasteiger charge is -2.18. The molecular weight excluding hydrogens is 324 g/mol. The van der Waals surface area contributed by atoms with Crippen LogP contribution < -0.4 is 10.2 Å². The number of anilines is 1. The van der Waals surface area contributed by atoms with Crippen molar-refractivity contribution in [1.82, 2.24) is 15.3 Å². The molecule has 1 N–H and O–H groups in total. The predicted octanol–water partition coefficient (Wildman–Crippen LogP) is 2.91. The number of nitrogens with zero attached hydrogens (tertiary/aromatic N) is 3. The van der Waals surface area contributed by atoms with E-state index in [1.54, 1.807) is 0 Å². The van der Waals surface area contributed by atoms with E-state index < -0.39 is 0 Å². The van der Waals surface area contributed by atoms with E-state index in [2.05, 4.69) is 44.5 Å². The number of nitrogens with one attached hydrogen (secondary N) is 1. The van der Waals surface area contributed by atoms with Gasteiger partial charge in [0.05, 0.1) is 6.42 Å².